The van der Waals surface area contributed by atoms with E-state index in [1.165, 1.54) is 0 Å². The van der Waals surface area contributed by atoms with E-state index < -0.39 is 0 Å². The Balaban J connectivity index is 2.08. The Bertz CT molecular complexity index is 1290. The third-order valence-electron chi connectivity index (χ3n) is 4.87. The third kappa shape index (κ3) is 1.65. The van der Waals surface area contributed by atoms with E-state index in [1.807, 2.05) is 55.5 Å². The van der Waals surface area contributed by atoms with Gasteiger partial charge in [0, 0.05) is 26.0 Å². The smallest absolute Gasteiger partial charge is 0.194 e. The second-order valence-electron chi connectivity index (χ2n) is 6.34. The van der Waals surface area contributed by atoms with Gasteiger partial charge in [-0.05, 0) is 58.8 Å². The number of hydrogen-bond acceptors (Lipinski definition) is 2. The molecule has 114 valence electrons. The maximum Gasteiger partial charge on any atom is 0.194 e. The van der Waals surface area contributed by atoms with Gasteiger partial charge in [0.05, 0.1) is 0 Å². The fourth-order valence-corrected chi connectivity index (χ4v) is 4.09. The van der Waals surface area contributed by atoms with Crippen molar-refractivity contribution >= 4 is 59.0 Å². The molecule has 24 heavy (non-hydrogen) atoms. The summed E-state index contributed by atoms with van der Waals surface area (Å²) >= 11 is 3.42. The van der Waals surface area contributed by atoms with Crippen molar-refractivity contribution in [2.45, 2.75) is 6.92 Å². The van der Waals surface area contributed by atoms with Crippen molar-refractivity contribution in [2.75, 3.05) is 0 Å². The largest absolute Gasteiger partial charge is 0.289 e. The Morgan fingerprint density at radius 1 is 0.583 bits per heavy atom. The first-order valence-corrected chi connectivity index (χ1v) is 8.52. The normalized spacial score (nSPS) is 12.1. The molecule has 0 fully saturated rings. The molecular formula is C21H11BrO2. The lowest BCUT2D eigenvalue weighted by Gasteiger charge is -1.95. The minimum Gasteiger partial charge on any atom is -0.289 e. The highest BCUT2D eigenvalue weighted by Crippen LogP contribution is 2.32. The molecule has 2 nitrogen and oxygen atoms in total. The van der Waals surface area contributed by atoms with Crippen LogP contribution in [0.25, 0.3) is 43.1 Å². The average molecular weight is 375 g/mol. The molecule has 5 aromatic rings. The molecule has 0 amide bonds. The summed E-state index contributed by atoms with van der Waals surface area (Å²) in [6, 6.07) is 15.4. The van der Waals surface area contributed by atoms with Crippen molar-refractivity contribution in [3.05, 3.63) is 79.0 Å². The highest BCUT2D eigenvalue weighted by molar-refractivity contribution is 9.10. The molecule has 0 saturated heterocycles. The second kappa shape index (κ2) is 4.52. The molecule has 5 rings (SSSR count). The van der Waals surface area contributed by atoms with Crippen LogP contribution in [0.15, 0.2) is 62.6 Å². The van der Waals surface area contributed by atoms with Gasteiger partial charge >= 0.3 is 0 Å². The maximum absolute atomic E-state index is 12.8. The van der Waals surface area contributed by atoms with Crippen LogP contribution in [0.3, 0.4) is 0 Å². The van der Waals surface area contributed by atoms with Crippen LogP contribution in [0.2, 0.25) is 0 Å². The minimum atomic E-state index is 0.0251. The van der Waals surface area contributed by atoms with Crippen molar-refractivity contribution in [1.82, 2.24) is 0 Å². The van der Waals surface area contributed by atoms with Gasteiger partial charge in [-0.2, -0.15) is 0 Å². The van der Waals surface area contributed by atoms with Crippen LogP contribution >= 0.6 is 15.9 Å². The number of aryl methyl sites for hydroxylation is 1. The Labute approximate surface area is 145 Å². The Morgan fingerprint density at radius 3 is 1.71 bits per heavy atom. The van der Waals surface area contributed by atoms with E-state index >= 15 is 0 Å². The molecule has 0 bridgehead atoms. The van der Waals surface area contributed by atoms with Gasteiger partial charge in [-0.1, -0.05) is 39.7 Å². The summed E-state index contributed by atoms with van der Waals surface area (Å²) in [5.74, 6) is 0. The summed E-state index contributed by atoms with van der Waals surface area (Å²) in [6.45, 7) is 1.98. The van der Waals surface area contributed by atoms with E-state index in [9.17, 15) is 9.59 Å². The molecule has 0 aromatic heterocycles. The van der Waals surface area contributed by atoms with Gasteiger partial charge in [0.2, 0.25) is 0 Å². The highest BCUT2D eigenvalue weighted by atomic mass is 79.9. The molecule has 0 spiro atoms. The van der Waals surface area contributed by atoms with Gasteiger partial charge in [-0.25, -0.2) is 0 Å². The Hall–Kier alpha value is -2.52. The first-order valence-electron chi connectivity index (χ1n) is 7.73. The average Bonchev–Trinajstić information content (AvgIpc) is 2.99. The molecule has 0 atom stereocenters. The van der Waals surface area contributed by atoms with Crippen molar-refractivity contribution in [3.63, 3.8) is 0 Å². The van der Waals surface area contributed by atoms with Crippen molar-refractivity contribution in [3.8, 4) is 0 Å². The first kappa shape index (κ1) is 13.9. The molecule has 0 saturated carbocycles. The summed E-state index contributed by atoms with van der Waals surface area (Å²) in [6.07, 6.45) is 0. The molecular weight excluding hydrogens is 364 g/mol. The number of hydrogen-bond donors (Lipinski definition) is 0. The van der Waals surface area contributed by atoms with E-state index in [2.05, 4.69) is 15.9 Å². The summed E-state index contributed by atoms with van der Waals surface area (Å²) in [7, 11) is 0. The molecule has 0 aliphatic carbocycles. The van der Waals surface area contributed by atoms with Crippen LogP contribution in [0.5, 0.6) is 0 Å². The number of halogens is 1. The van der Waals surface area contributed by atoms with Gasteiger partial charge in [0.1, 0.15) is 0 Å². The minimum absolute atomic E-state index is 0.0251. The van der Waals surface area contributed by atoms with Gasteiger partial charge < -0.3 is 0 Å². The Morgan fingerprint density at radius 2 is 1.08 bits per heavy atom. The van der Waals surface area contributed by atoms with Gasteiger partial charge in [-0.15, -0.1) is 0 Å². The van der Waals surface area contributed by atoms with Gasteiger partial charge in [0.15, 0.2) is 10.9 Å². The molecule has 5 aromatic carbocycles. The number of rotatable bonds is 0. The van der Waals surface area contributed by atoms with Gasteiger partial charge in [0.25, 0.3) is 0 Å². The van der Waals surface area contributed by atoms with Crippen molar-refractivity contribution in [1.29, 1.82) is 0 Å². The standard InChI is InChI=1S/C21H11BrO2/c1-10-2-4-12-14-8-19-15(9-18(14)20(23)16(12)6-10)13-5-3-11(22)7-17(13)21(19)24/h2-9H,1H3. The lowest BCUT2D eigenvalue weighted by Crippen LogP contribution is -1.95. The van der Waals surface area contributed by atoms with Crippen LogP contribution in [-0.2, 0) is 0 Å². The summed E-state index contributed by atoms with van der Waals surface area (Å²) in [5.41, 5.74) is 1.13. The van der Waals surface area contributed by atoms with E-state index in [-0.39, 0.29) is 10.9 Å². The lowest BCUT2D eigenvalue weighted by molar-refractivity contribution is 1.51. The first-order chi connectivity index (χ1) is 11.5. The highest BCUT2D eigenvalue weighted by Gasteiger charge is 2.16. The molecule has 0 radical (unpaired) electrons. The van der Waals surface area contributed by atoms with E-state index in [0.717, 1.165) is 37.0 Å². The van der Waals surface area contributed by atoms with Crippen LogP contribution in [0.1, 0.15) is 5.56 Å². The topological polar surface area (TPSA) is 34.1 Å². The van der Waals surface area contributed by atoms with E-state index in [4.69, 9.17) is 0 Å². The van der Waals surface area contributed by atoms with Gasteiger partial charge in [-0.3, -0.25) is 9.59 Å². The zero-order valence-corrected chi connectivity index (χ0v) is 14.4. The quantitative estimate of drug-likeness (QED) is 0.383. The second-order valence-corrected chi connectivity index (χ2v) is 7.26. The SMILES string of the molecule is Cc1ccc2c(c1)c(=O)c1cc3c(cc12)c(=O)c1cc(Br)ccc13. The lowest BCUT2D eigenvalue weighted by atomic mass is 10.1. The van der Waals surface area contributed by atoms with Crippen molar-refractivity contribution < 1.29 is 0 Å². The molecule has 0 aliphatic heterocycles. The van der Waals surface area contributed by atoms with Crippen molar-refractivity contribution in [2.24, 2.45) is 0 Å². The summed E-state index contributed by atoms with van der Waals surface area (Å²) in [5, 5.41) is 6.36. The fourth-order valence-electron chi connectivity index (χ4n) is 3.73. The molecule has 0 N–H and O–H groups in total. The number of fused-ring (bicyclic) bond motifs is 6. The zero-order valence-electron chi connectivity index (χ0n) is 12.8. The predicted octanol–water partition coefficient (Wildman–Crippen LogP) is 4.97. The Kier molecular flexibility index (Phi) is 2.61. The third-order valence-corrected chi connectivity index (χ3v) is 5.37. The van der Waals surface area contributed by atoms with Crippen LogP contribution in [-0.4, -0.2) is 0 Å². The zero-order chi connectivity index (χ0) is 16.6. The number of benzene rings is 3. The van der Waals surface area contributed by atoms with Crippen LogP contribution in [0, 0.1) is 6.92 Å². The predicted molar refractivity (Wildman–Crippen MR) is 104 cm³/mol. The van der Waals surface area contributed by atoms with Crippen LogP contribution < -0.4 is 10.9 Å². The molecule has 0 heterocycles. The molecule has 0 unspecified atom stereocenters. The summed E-state index contributed by atoms with van der Waals surface area (Å²) < 4.78 is 0.881. The fraction of sp³-hybridized carbons (Fsp3) is 0.0476. The van der Waals surface area contributed by atoms with E-state index in [1.54, 1.807) is 0 Å². The van der Waals surface area contributed by atoms with E-state index in [0.29, 0.717) is 16.2 Å². The molecule has 3 heteroatoms. The molecule has 0 aliphatic rings. The monoisotopic (exact) mass is 374 g/mol. The summed E-state index contributed by atoms with van der Waals surface area (Å²) in [4.78, 5) is 25.6. The van der Waals surface area contributed by atoms with Crippen LogP contribution in [0.4, 0.5) is 0 Å². The maximum atomic E-state index is 12.8.